The molecule has 0 saturated carbocycles. The van der Waals surface area contributed by atoms with Crippen LogP contribution >= 0.6 is 0 Å². The summed E-state index contributed by atoms with van der Waals surface area (Å²) in [6, 6.07) is -0.568. The van der Waals surface area contributed by atoms with E-state index in [4.69, 9.17) is 19.0 Å². The summed E-state index contributed by atoms with van der Waals surface area (Å²) in [7, 11) is -4.72. The van der Waals surface area contributed by atoms with Gasteiger partial charge in [0, 0.05) is 0 Å². The van der Waals surface area contributed by atoms with Crippen molar-refractivity contribution in [3.8, 4) is 0 Å². The first-order chi connectivity index (χ1) is 8.82. The van der Waals surface area contributed by atoms with Gasteiger partial charge in [0.1, 0.15) is 6.04 Å². The third kappa shape index (κ3) is 9.83. The van der Waals surface area contributed by atoms with Crippen LogP contribution in [-0.4, -0.2) is 44.3 Å². The molecule has 120 valence electrons. The Bertz CT molecular complexity index is 297. The Morgan fingerprint density at radius 3 is 1.70 bits per heavy atom. The molecule has 1 unspecified atom stereocenters. The van der Waals surface area contributed by atoms with E-state index in [9.17, 15) is 4.79 Å². The zero-order valence-corrected chi connectivity index (χ0v) is 17.6. The van der Waals surface area contributed by atoms with Crippen molar-refractivity contribution in [1.82, 2.24) is 0 Å². The van der Waals surface area contributed by atoms with Gasteiger partial charge in [0.2, 0.25) is 0 Å². The zero-order chi connectivity index (χ0) is 16.1. The third-order valence-corrected chi connectivity index (χ3v) is 5.99. The molecule has 0 bridgehead atoms. The van der Waals surface area contributed by atoms with Gasteiger partial charge in [0.05, 0.1) is 0 Å². The second kappa shape index (κ2) is 7.85. The molecule has 0 fully saturated rings. The fourth-order valence-corrected chi connectivity index (χ4v) is 7.21. The maximum absolute atomic E-state index is 11.8. The highest BCUT2D eigenvalue weighted by atomic mass is 28.4. The van der Waals surface area contributed by atoms with Crippen LogP contribution in [0.4, 0.5) is 0 Å². The quantitative estimate of drug-likeness (QED) is 0.538. The number of hydrogen-bond acceptors (Lipinski definition) is 5. The van der Waals surface area contributed by atoms with Crippen LogP contribution in [0.5, 0.6) is 0 Å². The number of nitrogens with two attached hydrogens (primary N) is 1. The molecular formula is C12H31NO4Si3. The van der Waals surface area contributed by atoms with Crippen LogP contribution in [0.3, 0.4) is 0 Å². The summed E-state index contributed by atoms with van der Waals surface area (Å²) in [6.45, 7) is 16.4. The maximum atomic E-state index is 11.8. The molecule has 0 saturated heterocycles. The highest BCUT2D eigenvalue weighted by Gasteiger charge is 2.29. The lowest BCUT2D eigenvalue weighted by Crippen LogP contribution is -2.46. The fourth-order valence-electron chi connectivity index (χ4n) is 1.40. The van der Waals surface area contributed by atoms with Crippen LogP contribution in [-0.2, 0) is 18.1 Å². The third-order valence-electron chi connectivity index (χ3n) is 2.32. The summed E-state index contributed by atoms with van der Waals surface area (Å²) < 4.78 is 17.4. The van der Waals surface area contributed by atoms with E-state index in [2.05, 4.69) is 39.3 Å². The van der Waals surface area contributed by atoms with E-state index in [1.165, 1.54) is 0 Å². The molecule has 0 aliphatic heterocycles. The van der Waals surface area contributed by atoms with E-state index >= 15 is 0 Å². The average Bonchev–Trinajstić information content (AvgIpc) is 2.19. The first kappa shape index (κ1) is 20.0. The average molecular weight is 338 g/mol. The summed E-state index contributed by atoms with van der Waals surface area (Å²) in [5, 5.41) is 0. The molecule has 0 aliphatic carbocycles. The Morgan fingerprint density at radius 2 is 1.40 bits per heavy atom. The predicted octanol–water partition coefficient (Wildman–Crippen LogP) is 1.58. The second-order valence-corrected chi connectivity index (χ2v) is 17.5. The molecular weight excluding hydrogens is 306 g/mol. The molecule has 0 aromatic rings. The van der Waals surface area contributed by atoms with Crippen LogP contribution in [0.2, 0.25) is 39.3 Å². The summed E-state index contributed by atoms with van der Waals surface area (Å²) in [5.74, 6) is -0.613. The van der Waals surface area contributed by atoms with Gasteiger partial charge >= 0.3 is 5.97 Å². The SMILES string of the molecule is CC(C)C(N)C(=O)O[SiH2]C(O[Si](C)(C)C)O[Si](C)(C)C. The lowest BCUT2D eigenvalue weighted by atomic mass is 10.1. The molecule has 0 radical (unpaired) electrons. The summed E-state index contributed by atoms with van der Waals surface area (Å²) in [5.41, 5.74) is 5.78. The number of rotatable bonds is 8. The van der Waals surface area contributed by atoms with Gasteiger partial charge < -0.3 is 19.0 Å². The molecule has 0 aromatic heterocycles. The second-order valence-electron chi connectivity index (χ2n) is 7.29. The summed E-state index contributed by atoms with van der Waals surface area (Å²) in [4.78, 5) is 11.8. The van der Waals surface area contributed by atoms with E-state index in [0.717, 1.165) is 0 Å². The molecule has 0 spiro atoms. The maximum Gasteiger partial charge on any atom is 0.309 e. The van der Waals surface area contributed by atoms with Gasteiger partial charge in [-0.2, -0.15) is 0 Å². The van der Waals surface area contributed by atoms with Gasteiger partial charge in [-0.15, -0.1) is 0 Å². The molecule has 0 rings (SSSR count). The Balaban J connectivity index is 4.54. The minimum absolute atomic E-state index is 0.0748. The smallest absolute Gasteiger partial charge is 0.309 e. The highest BCUT2D eigenvalue weighted by Crippen LogP contribution is 2.14. The Kier molecular flexibility index (Phi) is 7.85. The minimum atomic E-state index is -1.73. The van der Waals surface area contributed by atoms with Crippen molar-refractivity contribution < 1.29 is 18.1 Å². The molecule has 5 nitrogen and oxygen atoms in total. The topological polar surface area (TPSA) is 70.8 Å². The predicted molar refractivity (Wildman–Crippen MR) is 90.1 cm³/mol. The van der Waals surface area contributed by atoms with E-state index in [1.54, 1.807) is 0 Å². The van der Waals surface area contributed by atoms with Gasteiger partial charge in [-0.3, -0.25) is 4.79 Å². The number of carbonyl (C=O) groups is 1. The van der Waals surface area contributed by atoms with Crippen molar-refractivity contribution in [3.63, 3.8) is 0 Å². The molecule has 20 heavy (non-hydrogen) atoms. The van der Waals surface area contributed by atoms with Gasteiger partial charge in [-0.05, 0) is 45.2 Å². The molecule has 0 heterocycles. The summed E-state index contributed by atoms with van der Waals surface area (Å²) in [6.07, 6.45) is 0. The Hall–Kier alpha value is 0.000649. The van der Waals surface area contributed by atoms with Gasteiger partial charge in [-0.1, -0.05) is 13.8 Å². The van der Waals surface area contributed by atoms with Crippen molar-refractivity contribution in [3.05, 3.63) is 0 Å². The van der Waals surface area contributed by atoms with Crippen molar-refractivity contribution in [1.29, 1.82) is 0 Å². The Labute approximate surface area is 127 Å². The highest BCUT2D eigenvalue weighted by molar-refractivity contribution is 6.71. The van der Waals surface area contributed by atoms with Crippen LogP contribution < -0.4 is 5.73 Å². The molecule has 0 aliphatic rings. The lowest BCUT2D eigenvalue weighted by Gasteiger charge is -2.31. The van der Waals surface area contributed by atoms with Crippen molar-refractivity contribution in [2.24, 2.45) is 11.7 Å². The fraction of sp³-hybridized carbons (Fsp3) is 0.917. The van der Waals surface area contributed by atoms with E-state index in [-0.39, 0.29) is 17.8 Å². The van der Waals surface area contributed by atoms with Gasteiger partial charge in [-0.25, -0.2) is 0 Å². The normalized spacial score (nSPS) is 15.3. The van der Waals surface area contributed by atoms with Crippen LogP contribution in [0.25, 0.3) is 0 Å². The van der Waals surface area contributed by atoms with Crippen molar-refractivity contribution >= 4 is 32.4 Å². The van der Waals surface area contributed by atoms with Gasteiger partial charge in [0.15, 0.2) is 22.5 Å². The van der Waals surface area contributed by atoms with Crippen LogP contribution in [0.15, 0.2) is 0 Å². The number of carbonyl (C=O) groups excluding carboxylic acids is 1. The van der Waals surface area contributed by atoms with Crippen LogP contribution in [0, 0.1) is 5.92 Å². The largest absolute Gasteiger partial charge is 0.518 e. The molecule has 0 amide bonds. The van der Waals surface area contributed by atoms with Gasteiger partial charge in [0.25, 0.3) is 9.76 Å². The van der Waals surface area contributed by atoms with E-state index < -0.39 is 32.4 Å². The standard InChI is InChI=1S/C12H31NO4Si3/c1-9(2)10(13)11(14)15-18-12(16-19(3,4)5)17-20(6,7)8/h9-10,12H,13,18H2,1-8H3. The Morgan fingerprint density at radius 1 is 1.00 bits per heavy atom. The number of hydrogen-bond donors (Lipinski definition) is 1. The minimum Gasteiger partial charge on any atom is -0.518 e. The monoisotopic (exact) mass is 337 g/mol. The molecule has 1 atom stereocenters. The van der Waals surface area contributed by atoms with Crippen LogP contribution in [0.1, 0.15) is 13.8 Å². The molecule has 0 aromatic carbocycles. The first-order valence-corrected chi connectivity index (χ1v) is 15.3. The van der Waals surface area contributed by atoms with Crippen molar-refractivity contribution in [2.75, 3.05) is 0 Å². The zero-order valence-electron chi connectivity index (χ0n) is 14.1. The van der Waals surface area contributed by atoms with Crippen molar-refractivity contribution in [2.45, 2.75) is 65.1 Å². The van der Waals surface area contributed by atoms with E-state index in [1.807, 2.05) is 13.8 Å². The lowest BCUT2D eigenvalue weighted by molar-refractivity contribution is -0.137. The molecule has 8 heteroatoms. The first-order valence-electron chi connectivity index (χ1n) is 7.09. The molecule has 2 N–H and O–H groups in total. The van der Waals surface area contributed by atoms with E-state index in [0.29, 0.717) is 0 Å². The summed E-state index contributed by atoms with van der Waals surface area (Å²) >= 11 is 0.